The van der Waals surface area contributed by atoms with Crippen LogP contribution < -0.4 is 10.0 Å². The van der Waals surface area contributed by atoms with E-state index >= 15 is 0 Å². The summed E-state index contributed by atoms with van der Waals surface area (Å²) >= 11 is 3.37. The van der Waals surface area contributed by atoms with Crippen molar-refractivity contribution in [3.05, 3.63) is 57.6 Å². The average Bonchev–Trinajstić information content (AvgIpc) is 2.62. The van der Waals surface area contributed by atoms with Crippen LogP contribution in [0.2, 0.25) is 0 Å². The highest BCUT2D eigenvalue weighted by molar-refractivity contribution is 9.10. The smallest absolute Gasteiger partial charge is 0.254 e. The molecule has 2 N–H and O–H groups in total. The zero-order chi connectivity index (χ0) is 22.6. The van der Waals surface area contributed by atoms with Crippen LogP contribution in [-0.4, -0.2) is 44.8 Å². The number of nitrogens with one attached hydrogen (secondary N) is 2. The third-order valence-electron chi connectivity index (χ3n) is 4.33. The van der Waals surface area contributed by atoms with E-state index in [1.807, 2.05) is 19.1 Å². The topological polar surface area (TPSA) is 95.6 Å². The van der Waals surface area contributed by atoms with E-state index in [0.29, 0.717) is 11.3 Å². The number of carbonyl (C=O) groups is 2. The van der Waals surface area contributed by atoms with Crippen molar-refractivity contribution in [3.63, 3.8) is 0 Å². The summed E-state index contributed by atoms with van der Waals surface area (Å²) in [4.78, 5) is 26.6. The SMILES string of the molecule is Cc1cc(Br)ccc1NC(=O)CN(C)C(=O)c1cc(S(=O)(=O)NC(C)C)ccc1C. The molecule has 0 aliphatic rings. The number of aryl methyl sites for hydroxylation is 2. The number of sulfonamides is 1. The number of amides is 2. The minimum atomic E-state index is -3.73. The third-order valence-corrected chi connectivity index (χ3v) is 6.48. The van der Waals surface area contributed by atoms with Crippen LogP contribution in [0.5, 0.6) is 0 Å². The highest BCUT2D eigenvalue weighted by Gasteiger charge is 2.22. The molecular weight excluding hydrogens is 470 g/mol. The molecule has 0 unspecified atom stereocenters. The number of carbonyl (C=O) groups excluding carboxylic acids is 2. The Morgan fingerprint density at radius 3 is 2.33 bits per heavy atom. The van der Waals surface area contributed by atoms with Crippen LogP contribution in [0.25, 0.3) is 0 Å². The molecule has 2 aromatic rings. The summed E-state index contributed by atoms with van der Waals surface area (Å²) in [6.45, 7) is 6.86. The number of benzene rings is 2. The summed E-state index contributed by atoms with van der Waals surface area (Å²) in [6.07, 6.45) is 0. The van der Waals surface area contributed by atoms with E-state index in [1.165, 1.54) is 24.1 Å². The Labute approximate surface area is 186 Å². The fourth-order valence-corrected chi connectivity index (χ4v) is 4.58. The van der Waals surface area contributed by atoms with Gasteiger partial charge in [-0.05, 0) is 69.2 Å². The van der Waals surface area contributed by atoms with Crippen molar-refractivity contribution < 1.29 is 18.0 Å². The second-order valence-electron chi connectivity index (χ2n) is 7.42. The largest absolute Gasteiger partial charge is 0.332 e. The first kappa shape index (κ1) is 24.0. The molecule has 9 heteroatoms. The van der Waals surface area contributed by atoms with Crippen molar-refractivity contribution in [1.29, 1.82) is 0 Å². The van der Waals surface area contributed by atoms with Crippen molar-refractivity contribution in [2.45, 2.75) is 38.6 Å². The lowest BCUT2D eigenvalue weighted by molar-refractivity contribution is -0.116. The van der Waals surface area contributed by atoms with E-state index in [4.69, 9.17) is 0 Å². The predicted octanol–water partition coefficient (Wildman–Crippen LogP) is 3.46. The molecule has 0 fully saturated rings. The summed E-state index contributed by atoms with van der Waals surface area (Å²) in [7, 11) is -2.23. The first-order valence-electron chi connectivity index (χ1n) is 9.35. The van der Waals surface area contributed by atoms with Crippen LogP contribution in [0.15, 0.2) is 45.8 Å². The molecule has 0 aliphatic heterocycles. The first-order chi connectivity index (χ1) is 13.9. The molecule has 0 aliphatic carbocycles. The molecule has 0 aromatic heterocycles. The van der Waals surface area contributed by atoms with Gasteiger partial charge in [0.1, 0.15) is 0 Å². The van der Waals surface area contributed by atoms with Crippen molar-refractivity contribution in [1.82, 2.24) is 9.62 Å². The number of likely N-dealkylation sites (N-methyl/N-ethyl adjacent to an activating group) is 1. The minimum absolute atomic E-state index is 0.00786. The van der Waals surface area contributed by atoms with Gasteiger partial charge in [-0.25, -0.2) is 13.1 Å². The van der Waals surface area contributed by atoms with Gasteiger partial charge in [-0.1, -0.05) is 22.0 Å². The maximum Gasteiger partial charge on any atom is 0.254 e. The second-order valence-corrected chi connectivity index (χ2v) is 10.1. The normalized spacial score (nSPS) is 11.4. The number of anilines is 1. The molecule has 0 saturated carbocycles. The van der Waals surface area contributed by atoms with Crippen molar-refractivity contribution in [3.8, 4) is 0 Å². The number of rotatable bonds is 7. The number of nitrogens with zero attached hydrogens (tertiary/aromatic N) is 1. The Balaban J connectivity index is 2.17. The molecule has 0 bridgehead atoms. The Hall–Kier alpha value is -2.23. The highest BCUT2D eigenvalue weighted by Crippen LogP contribution is 2.20. The van der Waals surface area contributed by atoms with Crippen LogP contribution in [0.3, 0.4) is 0 Å². The van der Waals surface area contributed by atoms with Gasteiger partial charge in [-0.3, -0.25) is 9.59 Å². The molecular formula is C21H26BrN3O4S. The van der Waals surface area contributed by atoms with Crippen LogP contribution >= 0.6 is 15.9 Å². The van der Waals surface area contributed by atoms with Gasteiger partial charge in [0.05, 0.1) is 11.4 Å². The highest BCUT2D eigenvalue weighted by atomic mass is 79.9. The molecule has 162 valence electrons. The van der Waals surface area contributed by atoms with Gasteiger partial charge < -0.3 is 10.2 Å². The van der Waals surface area contributed by atoms with Crippen LogP contribution in [0.1, 0.15) is 35.3 Å². The summed E-state index contributed by atoms with van der Waals surface area (Å²) in [5.41, 5.74) is 2.41. The van der Waals surface area contributed by atoms with Gasteiger partial charge >= 0.3 is 0 Å². The summed E-state index contributed by atoms with van der Waals surface area (Å²) in [5.74, 6) is -0.782. The average molecular weight is 496 g/mol. The van der Waals surface area contributed by atoms with E-state index in [1.54, 1.807) is 32.9 Å². The fourth-order valence-electron chi connectivity index (χ4n) is 2.83. The zero-order valence-corrected chi connectivity index (χ0v) is 20.0. The molecule has 0 heterocycles. The molecule has 2 aromatic carbocycles. The minimum Gasteiger partial charge on any atom is -0.332 e. The maximum atomic E-state index is 12.9. The molecule has 2 amide bonds. The lowest BCUT2D eigenvalue weighted by Gasteiger charge is -2.19. The van der Waals surface area contributed by atoms with Crippen molar-refractivity contribution >= 4 is 43.5 Å². The lowest BCUT2D eigenvalue weighted by atomic mass is 10.1. The molecule has 0 saturated heterocycles. The van der Waals surface area contributed by atoms with Crippen LogP contribution in [-0.2, 0) is 14.8 Å². The Kier molecular flexibility index (Phi) is 7.79. The Bertz CT molecular complexity index is 1070. The van der Waals surface area contributed by atoms with Gasteiger partial charge in [0, 0.05) is 28.8 Å². The third kappa shape index (κ3) is 6.13. The number of hydrogen-bond donors (Lipinski definition) is 2. The molecule has 0 atom stereocenters. The fraction of sp³-hybridized carbons (Fsp3) is 0.333. The summed E-state index contributed by atoms with van der Waals surface area (Å²) in [6, 6.07) is 9.59. The van der Waals surface area contributed by atoms with Crippen molar-refractivity contribution in [2.75, 3.05) is 18.9 Å². The second kappa shape index (κ2) is 9.72. The molecule has 0 spiro atoms. The maximum absolute atomic E-state index is 12.9. The lowest BCUT2D eigenvalue weighted by Crippen LogP contribution is -2.35. The standard InChI is InChI=1S/C21H26BrN3O4S/c1-13(2)24-30(28,29)17-8-6-14(3)18(11-17)21(27)25(5)12-20(26)23-19-9-7-16(22)10-15(19)4/h6-11,13,24H,12H2,1-5H3,(H,23,26). The van der Waals surface area contributed by atoms with Crippen LogP contribution in [0, 0.1) is 13.8 Å². The molecule has 7 nitrogen and oxygen atoms in total. The van der Waals surface area contributed by atoms with Crippen molar-refractivity contribution in [2.24, 2.45) is 0 Å². The van der Waals surface area contributed by atoms with Gasteiger partial charge in [0.15, 0.2) is 0 Å². The predicted molar refractivity (Wildman–Crippen MR) is 121 cm³/mol. The summed E-state index contributed by atoms with van der Waals surface area (Å²) in [5, 5.41) is 2.79. The molecule has 30 heavy (non-hydrogen) atoms. The van der Waals surface area contributed by atoms with Crippen LogP contribution in [0.4, 0.5) is 5.69 Å². The van der Waals surface area contributed by atoms with Gasteiger partial charge in [0.2, 0.25) is 15.9 Å². The van der Waals surface area contributed by atoms with E-state index in [0.717, 1.165) is 10.0 Å². The summed E-state index contributed by atoms with van der Waals surface area (Å²) < 4.78 is 28.3. The quantitative estimate of drug-likeness (QED) is 0.614. The molecule has 2 rings (SSSR count). The Morgan fingerprint density at radius 1 is 1.07 bits per heavy atom. The Morgan fingerprint density at radius 2 is 1.73 bits per heavy atom. The molecule has 0 radical (unpaired) electrons. The van der Waals surface area contributed by atoms with Gasteiger partial charge in [-0.2, -0.15) is 0 Å². The van der Waals surface area contributed by atoms with E-state index in [2.05, 4.69) is 26.0 Å². The zero-order valence-electron chi connectivity index (χ0n) is 17.6. The van der Waals surface area contributed by atoms with E-state index < -0.39 is 15.9 Å². The van der Waals surface area contributed by atoms with E-state index in [-0.39, 0.29) is 29.0 Å². The van der Waals surface area contributed by atoms with Gasteiger partial charge in [-0.15, -0.1) is 0 Å². The monoisotopic (exact) mass is 495 g/mol. The number of halogens is 1. The van der Waals surface area contributed by atoms with Gasteiger partial charge in [0.25, 0.3) is 5.91 Å². The van der Waals surface area contributed by atoms with E-state index in [9.17, 15) is 18.0 Å². The number of hydrogen-bond acceptors (Lipinski definition) is 4. The first-order valence-corrected chi connectivity index (χ1v) is 11.6.